The van der Waals surface area contributed by atoms with Crippen LogP contribution >= 0.6 is 8.20 Å². The van der Waals surface area contributed by atoms with E-state index in [4.69, 9.17) is 0 Å². The van der Waals surface area contributed by atoms with Gasteiger partial charge in [0.2, 0.25) is 0 Å². The van der Waals surface area contributed by atoms with Crippen LogP contribution in [-0.4, -0.2) is 27.8 Å². The Morgan fingerprint density at radius 3 is 3.36 bits per heavy atom. The quantitative estimate of drug-likeness (QED) is 0.355. The summed E-state index contributed by atoms with van der Waals surface area (Å²) in [6.45, 7) is 0.488. The molecule has 0 bridgehead atoms. The minimum absolute atomic E-state index is 0.488. The van der Waals surface area contributed by atoms with E-state index in [0.29, 0.717) is 6.54 Å². The number of rotatable bonds is 0. The van der Waals surface area contributed by atoms with Gasteiger partial charge in [-0.2, -0.15) is 0 Å². The van der Waals surface area contributed by atoms with E-state index in [1.165, 1.54) is 21.7 Å². The smallest absolute Gasteiger partial charge is 0.183 e. The first-order valence-corrected chi connectivity index (χ1v) is 5.25. The molecule has 3 nitrogen and oxygen atoms in total. The number of hydrogen-bond acceptors (Lipinski definition) is 2. The first-order valence-electron chi connectivity index (χ1n) is 4.36. The van der Waals surface area contributed by atoms with Gasteiger partial charge < -0.3 is 5.21 Å². The molecule has 0 atom stereocenters. The number of nitrogens with zero attached hydrogens (tertiary/aromatic N) is 2. The lowest BCUT2D eigenvalue weighted by Gasteiger charge is -2.10. The molecule has 3 rings (SSSR count). The Morgan fingerprint density at radius 1 is 1.50 bits per heavy atom. The second-order valence-corrected chi connectivity index (χ2v) is 4.50. The van der Waals surface area contributed by atoms with Crippen LogP contribution in [0.3, 0.4) is 0 Å². The van der Waals surface area contributed by atoms with Gasteiger partial charge in [0.05, 0.1) is 5.29 Å². The van der Waals surface area contributed by atoms with Gasteiger partial charge in [-0.3, -0.25) is 4.98 Å². The molecule has 1 aromatic heterocycles. The Bertz CT molecular complexity index is 503. The van der Waals surface area contributed by atoms with Gasteiger partial charge in [-0.25, -0.2) is 4.74 Å². The zero-order valence-corrected chi connectivity index (χ0v) is 8.24. The Balaban J connectivity index is 2.21. The number of pyridine rings is 1. The average molecular weight is 202 g/mol. The summed E-state index contributed by atoms with van der Waals surface area (Å²) in [6.07, 6.45) is 7.15. The van der Waals surface area contributed by atoms with Crippen LogP contribution in [-0.2, 0) is 0 Å². The molecule has 2 aliphatic rings. The van der Waals surface area contributed by atoms with Crippen molar-refractivity contribution < 1.29 is 4.74 Å². The largest absolute Gasteiger partial charge is 0.624 e. The number of fused-ring (bicyclic) bond motifs is 3. The third-order valence-electron chi connectivity index (χ3n) is 2.37. The highest BCUT2D eigenvalue weighted by atomic mass is 31.1. The fraction of sp³-hybridized carbons (Fsp3) is 0.100. The lowest BCUT2D eigenvalue weighted by Crippen LogP contribution is -2.19. The fourth-order valence-electron chi connectivity index (χ4n) is 1.73. The molecule has 0 saturated heterocycles. The van der Waals surface area contributed by atoms with Crippen LogP contribution in [0.25, 0.3) is 5.57 Å². The van der Waals surface area contributed by atoms with Gasteiger partial charge in [-0.15, -0.1) is 0 Å². The highest BCUT2D eigenvalue weighted by molar-refractivity contribution is 7.52. The van der Waals surface area contributed by atoms with Crippen molar-refractivity contribution in [1.29, 1.82) is 0 Å². The number of hydrogen-bond donors (Lipinski definition) is 0. The zero-order chi connectivity index (χ0) is 9.54. The lowest BCUT2D eigenvalue weighted by molar-refractivity contribution is -0.434. The molecule has 0 aromatic carbocycles. The number of aromatic nitrogens is 1. The van der Waals surface area contributed by atoms with Gasteiger partial charge in [-0.05, 0) is 11.6 Å². The van der Waals surface area contributed by atoms with Gasteiger partial charge in [-0.1, -0.05) is 8.20 Å². The molecule has 0 aliphatic carbocycles. The second-order valence-electron chi connectivity index (χ2n) is 3.26. The molecule has 4 heteroatoms. The van der Waals surface area contributed by atoms with Crippen LogP contribution in [0.5, 0.6) is 0 Å². The van der Waals surface area contributed by atoms with Crippen LogP contribution in [0.15, 0.2) is 24.5 Å². The minimum Gasteiger partial charge on any atom is -0.624 e. The van der Waals surface area contributed by atoms with Crippen LogP contribution in [0.1, 0.15) is 5.56 Å². The molecule has 0 amide bonds. The normalized spacial score (nSPS) is 19.0. The second kappa shape index (κ2) is 2.76. The maximum absolute atomic E-state index is 11.1. The van der Waals surface area contributed by atoms with Gasteiger partial charge >= 0.3 is 0 Å². The average Bonchev–Trinajstić information content (AvgIpc) is 2.54. The topological polar surface area (TPSA) is 39.0 Å². The highest BCUT2D eigenvalue weighted by Gasteiger charge is 2.23. The molecule has 1 aromatic rings. The Morgan fingerprint density at radius 2 is 2.43 bits per heavy atom. The Kier molecular flexibility index (Phi) is 1.55. The van der Waals surface area contributed by atoms with E-state index >= 15 is 0 Å². The van der Waals surface area contributed by atoms with Crippen molar-refractivity contribution in [2.75, 3.05) is 6.54 Å². The SMILES string of the molecule is [O-][N+]1=CC=C2C(=Pc3cnccc32)C1. The van der Waals surface area contributed by atoms with Crippen molar-refractivity contribution in [3.63, 3.8) is 0 Å². The van der Waals surface area contributed by atoms with Crippen molar-refractivity contribution in [3.8, 4) is 0 Å². The summed E-state index contributed by atoms with van der Waals surface area (Å²) in [6, 6.07) is 2.01. The maximum atomic E-state index is 11.1. The third kappa shape index (κ3) is 1.03. The van der Waals surface area contributed by atoms with Crippen LogP contribution < -0.4 is 5.30 Å². The highest BCUT2D eigenvalue weighted by Crippen LogP contribution is 2.28. The summed E-state index contributed by atoms with van der Waals surface area (Å²) in [5.74, 6) is 0. The summed E-state index contributed by atoms with van der Waals surface area (Å²) in [5.41, 5.74) is 2.43. The van der Waals surface area contributed by atoms with Gasteiger partial charge in [0, 0.05) is 29.3 Å². The molecule has 14 heavy (non-hydrogen) atoms. The molecule has 0 N–H and O–H groups in total. The van der Waals surface area contributed by atoms with E-state index in [2.05, 4.69) is 4.98 Å². The van der Waals surface area contributed by atoms with E-state index < -0.39 is 0 Å². The molecule has 3 heterocycles. The summed E-state index contributed by atoms with van der Waals surface area (Å²) >= 11 is 0. The van der Waals surface area contributed by atoms with Crippen molar-refractivity contribution in [3.05, 3.63) is 35.3 Å². The minimum atomic E-state index is 0.488. The molecular weight excluding hydrogens is 195 g/mol. The molecular formula is C10H7N2OP. The summed E-state index contributed by atoms with van der Waals surface area (Å²) in [5, 5.41) is 13.5. The van der Waals surface area contributed by atoms with E-state index in [-0.39, 0.29) is 0 Å². The number of allylic oxidation sites excluding steroid dienone is 1. The van der Waals surface area contributed by atoms with Crippen molar-refractivity contribution in [1.82, 2.24) is 4.98 Å². The molecule has 68 valence electrons. The summed E-state index contributed by atoms with van der Waals surface area (Å²) in [7, 11) is 1.13. The third-order valence-corrected chi connectivity index (χ3v) is 3.62. The van der Waals surface area contributed by atoms with Crippen molar-refractivity contribution in [2.45, 2.75) is 0 Å². The zero-order valence-electron chi connectivity index (χ0n) is 7.34. The van der Waals surface area contributed by atoms with Crippen LogP contribution in [0.2, 0.25) is 0 Å². The van der Waals surface area contributed by atoms with E-state index in [1.807, 2.05) is 18.3 Å². The molecule has 2 aliphatic heterocycles. The standard InChI is InChI=1S/C10H7N2OP/c13-12-4-2-8-7-1-3-11-5-9(7)14-10(8)6-12/h1-5H,6H2. The number of hydroxylamine groups is 1. The van der Waals surface area contributed by atoms with Crippen LogP contribution in [0.4, 0.5) is 0 Å². The van der Waals surface area contributed by atoms with E-state index in [0.717, 1.165) is 12.9 Å². The van der Waals surface area contributed by atoms with Crippen molar-refractivity contribution in [2.24, 2.45) is 0 Å². The summed E-state index contributed by atoms with van der Waals surface area (Å²) < 4.78 is 0.963. The predicted molar refractivity (Wildman–Crippen MR) is 58.3 cm³/mol. The first kappa shape index (κ1) is 7.89. The van der Waals surface area contributed by atoms with E-state index in [1.54, 1.807) is 12.4 Å². The van der Waals surface area contributed by atoms with Gasteiger partial charge in [0.25, 0.3) is 0 Å². The molecule has 0 saturated carbocycles. The lowest BCUT2D eigenvalue weighted by atomic mass is 10.0. The monoisotopic (exact) mass is 202 g/mol. The maximum Gasteiger partial charge on any atom is 0.183 e. The Labute approximate surface area is 82.8 Å². The molecule has 0 fully saturated rings. The summed E-state index contributed by atoms with van der Waals surface area (Å²) in [4.78, 5) is 4.08. The molecule has 0 unspecified atom stereocenters. The van der Waals surface area contributed by atoms with Gasteiger partial charge in [0.1, 0.15) is 0 Å². The fourth-order valence-corrected chi connectivity index (χ4v) is 2.98. The molecule has 0 spiro atoms. The first-order chi connectivity index (χ1) is 6.84. The van der Waals surface area contributed by atoms with Crippen molar-refractivity contribution >= 4 is 30.6 Å². The van der Waals surface area contributed by atoms with Gasteiger partial charge in [0.15, 0.2) is 12.8 Å². The van der Waals surface area contributed by atoms with Crippen LogP contribution in [0, 0.1) is 5.21 Å². The van der Waals surface area contributed by atoms with E-state index in [9.17, 15) is 5.21 Å². The predicted octanol–water partition coefficient (Wildman–Crippen LogP) is 0.817. The molecule has 0 radical (unpaired) electrons. The Hall–Kier alpha value is -1.47.